The number of benzene rings is 3. The van der Waals surface area contributed by atoms with Gasteiger partial charge in [-0.15, -0.1) is 13.2 Å². The summed E-state index contributed by atoms with van der Waals surface area (Å²) in [5, 5.41) is 12.2. The van der Waals surface area contributed by atoms with E-state index in [4.69, 9.17) is 4.74 Å². The van der Waals surface area contributed by atoms with E-state index in [1.807, 2.05) is 0 Å². The van der Waals surface area contributed by atoms with E-state index >= 15 is 0 Å². The van der Waals surface area contributed by atoms with Crippen molar-refractivity contribution in [1.29, 1.82) is 0 Å². The van der Waals surface area contributed by atoms with Crippen LogP contribution in [0.4, 0.5) is 26.3 Å². The van der Waals surface area contributed by atoms with Crippen molar-refractivity contribution in [2.75, 3.05) is 0 Å². The van der Waals surface area contributed by atoms with Crippen molar-refractivity contribution in [2.24, 2.45) is 5.41 Å². The molecule has 1 atom stereocenters. The minimum atomic E-state index is -4.89. The van der Waals surface area contributed by atoms with Crippen LogP contribution in [0.5, 0.6) is 11.5 Å². The van der Waals surface area contributed by atoms with Gasteiger partial charge in [-0.2, -0.15) is 13.2 Å². The highest BCUT2D eigenvalue weighted by Crippen LogP contribution is 2.37. The summed E-state index contributed by atoms with van der Waals surface area (Å²) in [7, 11) is 0. The SMILES string of the molecule is CC(C)(C)[C@@H](NC(=O)c1ccc2ccc(C(F)(F)F)cc2c1OCc1ccc(OC(F)(F)F)cc1)C(=O)O. The number of rotatable bonds is 7. The molecule has 0 fully saturated rings. The third-order valence-corrected chi connectivity index (χ3v) is 5.47. The van der Waals surface area contributed by atoms with Crippen LogP contribution >= 0.6 is 0 Å². The van der Waals surface area contributed by atoms with Gasteiger partial charge in [-0.05, 0) is 46.7 Å². The normalized spacial score (nSPS) is 13.2. The molecule has 0 aliphatic carbocycles. The van der Waals surface area contributed by atoms with Crippen molar-refractivity contribution >= 4 is 22.6 Å². The zero-order valence-corrected chi connectivity index (χ0v) is 20.3. The summed E-state index contributed by atoms with van der Waals surface area (Å²) < 4.78 is 87.1. The molecule has 1 amide bonds. The Bertz CT molecular complexity index is 1330. The average Bonchev–Trinajstić information content (AvgIpc) is 2.78. The molecule has 3 aromatic carbocycles. The van der Waals surface area contributed by atoms with Crippen LogP contribution in [0.3, 0.4) is 0 Å². The van der Waals surface area contributed by atoms with Gasteiger partial charge in [0.25, 0.3) is 5.91 Å². The van der Waals surface area contributed by atoms with Crippen LogP contribution in [0.25, 0.3) is 10.8 Å². The third kappa shape index (κ3) is 7.08. The second-order valence-electron chi connectivity index (χ2n) is 9.47. The lowest BCUT2D eigenvalue weighted by molar-refractivity contribution is -0.274. The summed E-state index contributed by atoms with van der Waals surface area (Å²) >= 11 is 0. The lowest BCUT2D eigenvalue weighted by Gasteiger charge is -2.28. The van der Waals surface area contributed by atoms with Crippen molar-refractivity contribution in [3.8, 4) is 11.5 Å². The van der Waals surface area contributed by atoms with Gasteiger partial charge in [-0.25, -0.2) is 4.79 Å². The predicted octanol–water partition coefficient (Wildman–Crippen LogP) is 6.57. The maximum Gasteiger partial charge on any atom is 0.573 e. The van der Waals surface area contributed by atoms with Gasteiger partial charge in [-0.1, -0.05) is 45.0 Å². The number of fused-ring (bicyclic) bond motifs is 1. The molecule has 204 valence electrons. The van der Waals surface area contributed by atoms with Gasteiger partial charge < -0.3 is 19.9 Å². The molecule has 0 aliphatic heterocycles. The molecule has 3 rings (SSSR count). The summed E-state index contributed by atoms with van der Waals surface area (Å²) in [5.41, 5.74) is -1.79. The van der Waals surface area contributed by atoms with Crippen molar-refractivity contribution in [1.82, 2.24) is 5.32 Å². The zero-order valence-electron chi connectivity index (χ0n) is 20.3. The van der Waals surface area contributed by atoms with E-state index in [1.165, 1.54) is 30.3 Å². The molecule has 2 N–H and O–H groups in total. The van der Waals surface area contributed by atoms with E-state index in [0.29, 0.717) is 10.9 Å². The number of ether oxygens (including phenoxy) is 2. The van der Waals surface area contributed by atoms with Crippen LogP contribution in [0, 0.1) is 5.41 Å². The van der Waals surface area contributed by atoms with Crippen molar-refractivity contribution < 1.29 is 50.5 Å². The molecule has 0 bridgehead atoms. The Hall–Kier alpha value is -3.96. The van der Waals surface area contributed by atoms with Crippen LogP contribution in [-0.4, -0.2) is 29.4 Å². The minimum Gasteiger partial charge on any atom is -0.487 e. The predicted molar refractivity (Wildman–Crippen MR) is 125 cm³/mol. The summed E-state index contributed by atoms with van der Waals surface area (Å²) in [6, 6.07) is 8.81. The van der Waals surface area contributed by atoms with E-state index in [1.54, 1.807) is 20.8 Å². The monoisotopic (exact) mass is 543 g/mol. The Morgan fingerprint density at radius 2 is 1.53 bits per heavy atom. The Morgan fingerprint density at radius 1 is 0.921 bits per heavy atom. The lowest BCUT2D eigenvalue weighted by atomic mass is 9.86. The van der Waals surface area contributed by atoms with Gasteiger partial charge in [-0.3, -0.25) is 4.79 Å². The number of aliphatic carboxylic acids is 1. The molecular weight excluding hydrogens is 520 g/mol. The van der Waals surface area contributed by atoms with Gasteiger partial charge >= 0.3 is 18.5 Å². The molecule has 38 heavy (non-hydrogen) atoms. The first-order valence-electron chi connectivity index (χ1n) is 11.1. The van der Waals surface area contributed by atoms with Crippen molar-refractivity contribution in [3.63, 3.8) is 0 Å². The quantitative estimate of drug-likeness (QED) is 0.330. The number of hydrogen-bond donors (Lipinski definition) is 2. The highest BCUT2D eigenvalue weighted by molar-refractivity contribution is 6.05. The molecule has 0 heterocycles. The summed E-state index contributed by atoms with van der Waals surface area (Å²) in [5.74, 6) is -2.94. The molecule has 0 unspecified atom stereocenters. The molecule has 0 radical (unpaired) electrons. The largest absolute Gasteiger partial charge is 0.573 e. The van der Waals surface area contributed by atoms with E-state index in [2.05, 4.69) is 10.1 Å². The number of alkyl halides is 6. The third-order valence-electron chi connectivity index (χ3n) is 5.47. The van der Waals surface area contributed by atoms with Crippen LogP contribution < -0.4 is 14.8 Å². The summed E-state index contributed by atoms with van der Waals surface area (Å²) in [6.07, 6.45) is -9.58. The van der Waals surface area contributed by atoms with Crippen molar-refractivity contribution in [2.45, 2.75) is 46.0 Å². The van der Waals surface area contributed by atoms with E-state index in [-0.39, 0.29) is 23.3 Å². The number of nitrogens with one attached hydrogen (secondary N) is 1. The fraction of sp³-hybridized carbons (Fsp3) is 0.308. The van der Waals surface area contributed by atoms with Crippen LogP contribution in [0.15, 0.2) is 54.6 Å². The maximum atomic E-state index is 13.4. The molecule has 0 aromatic heterocycles. The summed E-state index contributed by atoms with van der Waals surface area (Å²) in [4.78, 5) is 24.9. The standard InChI is InChI=1S/C26H23F6NO5/c1-24(2,3)21(23(35)36)33-22(34)18-11-7-15-6-8-16(25(27,28)29)12-19(15)20(18)37-13-14-4-9-17(10-5-14)38-26(30,31)32/h4-12,21H,13H2,1-3H3,(H,33,34)(H,35,36)/t21-/m0/s1. The van der Waals surface area contributed by atoms with Gasteiger partial charge in [0.1, 0.15) is 24.1 Å². The first-order chi connectivity index (χ1) is 17.5. The molecule has 3 aromatic rings. The molecule has 6 nitrogen and oxygen atoms in total. The number of halogens is 6. The van der Waals surface area contributed by atoms with Gasteiger partial charge in [0.2, 0.25) is 0 Å². The zero-order chi connectivity index (χ0) is 28.5. The van der Waals surface area contributed by atoms with Gasteiger partial charge in [0.15, 0.2) is 0 Å². The van der Waals surface area contributed by atoms with Crippen LogP contribution in [0.2, 0.25) is 0 Å². The second kappa shape index (κ2) is 10.4. The molecule has 0 saturated heterocycles. The van der Waals surface area contributed by atoms with E-state index in [0.717, 1.165) is 24.3 Å². The molecule has 0 aliphatic rings. The maximum absolute atomic E-state index is 13.4. The highest BCUT2D eigenvalue weighted by Gasteiger charge is 2.35. The Labute approximate surface area is 213 Å². The molecule has 0 spiro atoms. The number of carbonyl (C=O) groups excluding carboxylic acids is 1. The van der Waals surface area contributed by atoms with Crippen LogP contribution in [-0.2, 0) is 17.6 Å². The highest BCUT2D eigenvalue weighted by atomic mass is 19.4. The molecule has 12 heteroatoms. The number of carbonyl (C=O) groups is 2. The van der Waals surface area contributed by atoms with Gasteiger partial charge in [0.05, 0.1) is 11.1 Å². The number of hydrogen-bond acceptors (Lipinski definition) is 4. The van der Waals surface area contributed by atoms with Crippen LogP contribution in [0.1, 0.15) is 42.3 Å². The lowest BCUT2D eigenvalue weighted by Crippen LogP contribution is -2.49. The average molecular weight is 543 g/mol. The van der Waals surface area contributed by atoms with E-state index < -0.39 is 47.2 Å². The topological polar surface area (TPSA) is 84.9 Å². The smallest absolute Gasteiger partial charge is 0.487 e. The van der Waals surface area contributed by atoms with Gasteiger partial charge in [0, 0.05) is 5.39 Å². The fourth-order valence-corrected chi connectivity index (χ4v) is 3.60. The van der Waals surface area contributed by atoms with Crippen molar-refractivity contribution in [3.05, 3.63) is 71.3 Å². The minimum absolute atomic E-state index is 0.0628. The number of amides is 1. The van der Waals surface area contributed by atoms with E-state index in [9.17, 15) is 41.0 Å². The first-order valence-corrected chi connectivity index (χ1v) is 11.1. The fourth-order valence-electron chi connectivity index (χ4n) is 3.60. The summed E-state index contributed by atoms with van der Waals surface area (Å²) in [6.45, 7) is 4.44. The number of carboxylic acids is 1. The molecular formula is C26H23F6NO5. The molecule has 0 saturated carbocycles. The Kier molecular flexibility index (Phi) is 7.85. The second-order valence-corrected chi connectivity index (χ2v) is 9.47. The number of carboxylic acid groups (broad SMARTS) is 1. The Balaban J connectivity index is 2.03. The Morgan fingerprint density at radius 3 is 2.05 bits per heavy atom. The first kappa shape index (κ1) is 28.6.